The van der Waals surface area contributed by atoms with Crippen LogP contribution in [0.4, 0.5) is 0 Å². The van der Waals surface area contributed by atoms with Crippen molar-refractivity contribution in [2.75, 3.05) is 7.11 Å². The van der Waals surface area contributed by atoms with E-state index in [1.54, 1.807) is 12.1 Å². The molecule has 0 aliphatic rings. The van der Waals surface area contributed by atoms with E-state index >= 15 is 0 Å². The van der Waals surface area contributed by atoms with Gasteiger partial charge >= 0.3 is 7.75 Å². The van der Waals surface area contributed by atoms with Gasteiger partial charge < -0.3 is 4.52 Å². The molecule has 0 fully saturated rings. The van der Waals surface area contributed by atoms with Crippen molar-refractivity contribution in [2.45, 2.75) is 26.2 Å². The molecule has 0 bridgehead atoms. The van der Waals surface area contributed by atoms with Gasteiger partial charge in [-0.05, 0) is 24.5 Å². The Balaban J connectivity index is 2.90. The van der Waals surface area contributed by atoms with E-state index in [9.17, 15) is 4.57 Å². The molecule has 0 saturated carbocycles. The Morgan fingerprint density at radius 2 is 2.18 bits per heavy atom. The minimum Gasteiger partial charge on any atom is -0.412 e. The van der Waals surface area contributed by atoms with Gasteiger partial charge in [0.25, 0.3) is 0 Å². The van der Waals surface area contributed by atoms with Gasteiger partial charge in [-0.2, -0.15) is 0 Å². The van der Waals surface area contributed by atoms with Crippen molar-refractivity contribution in [2.24, 2.45) is 5.50 Å². The second kappa shape index (κ2) is 6.41. The van der Waals surface area contributed by atoms with Gasteiger partial charge in [-0.1, -0.05) is 37.1 Å². The average Bonchev–Trinajstić information content (AvgIpc) is 2.30. The Kier molecular flexibility index (Phi) is 5.47. The number of hydrogen-bond acceptors (Lipinski definition) is 3. The molecule has 6 heteroatoms. The van der Waals surface area contributed by atoms with Gasteiger partial charge in [-0.15, -0.1) is 0 Å². The molecule has 1 atom stereocenters. The van der Waals surface area contributed by atoms with Crippen molar-refractivity contribution in [3.05, 3.63) is 28.8 Å². The highest BCUT2D eigenvalue weighted by atomic mass is 35.5. The van der Waals surface area contributed by atoms with Gasteiger partial charge in [-0.3, -0.25) is 4.52 Å². The molecule has 0 aliphatic heterocycles. The van der Waals surface area contributed by atoms with E-state index in [-0.39, 0.29) is 0 Å². The first-order valence-electron chi connectivity index (χ1n) is 5.41. The number of hydrogen-bond donors (Lipinski definition) is 1. The second-order valence-electron chi connectivity index (χ2n) is 3.65. The van der Waals surface area contributed by atoms with Crippen LogP contribution in [-0.2, 0) is 15.5 Å². The summed E-state index contributed by atoms with van der Waals surface area (Å²) in [7, 11) is -2.32. The Bertz CT molecular complexity index is 425. The predicted octanol–water partition coefficient (Wildman–Crippen LogP) is 3.77. The largest absolute Gasteiger partial charge is 0.455 e. The summed E-state index contributed by atoms with van der Waals surface area (Å²) in [6.07, 6.45) is 2.97. The molecule has 0 heterocycles. The molecule has 0 saturated heterocycles. The fourth-order valence-corrected chi connectivity index (χ4v) is 2.18. The lowest BCUT2D eigenvalue weighted by Gasteiger charge is -2.14. The van der Waals surface area contributed by atoms with Crippen LogP contribution in [0.1, 0.15) is 25.3 Å². The normalized spacial score (nSPS) is 14.4. The molecule has 0 aliphatic carbocycles. The third-order valence-corrected chi connectivity index (χ3v) is 3.71. The molecule has 0 amide bonds. The van der Waals surface area contributed by atoms with Gasteiger partial charge in [0.2, 0.25) is 0 Å². The van der Waals surface area contributed by atoms with E-state index < -0.39 is 7.75 Å². The molecular formula is C11H17ClNO3P. The molecule has 4 nitrogen and oxygen atoms in total. The minimum atomic E-state index is -3.55. The average molecular weight is 278 g/mol. The Labute approximate surface area is 107 Å². The number of benzene rings is 1. The summed E-state index contributed by atoms with van der Waals surface area (Å²) < 4.78 is 21.2. The lowest BCUT2D eigenvalue weighted by atomic mass is 10.1. The van der Waals surface area contributed by atoms with Crippen LogP contribution >= 0.6 is 19.3 Å². The van der Waals surface area contributed by atoms with Crippen LogP contribution in [0.5, 0.6) is 5.75 Å². The van der Waals surface area contributed by atoms with E-state index in [1.165, 1.54) is 7.11 Å². The summed E-state index contributed by atoms with van der Waals surface area (Å²) in [5, 5.41) is 0.448. The fourth-order valence-electron chi connectivity index (χ4n) is 1.36. The molecule has 1 aromatic rings. The monoisotopic (exact) mass is 277 g/mol. The molecule has 17 heavy (non-hydrogen) atoms. The fraction of sp³-hybridized carbons (Fsp3) is 0.455. The zero-order valence-electron chi connectivity index (χ0n) is 9.98. The number of halogens is 1. The molecule has 1 aromatic carbocycles. The maximum absolute atomic E-state index is 11.5. The second-order valence-corrected chi connectivity index (χ2v) is 5.65. The highest BCUT2D eigenvalue weighted by molar-refractivity contribution is 7.51. The van der Waals surface area contributed by atoms with Crippen molar-refractivity contribution in [1.82, 2.24) is 0 Å². The number of aryl methyl sites for hydroxylation is 1. The molecule has 1 unspecified atom stereocenters. The van der Waals surface area contributed by atoms with Crippen molar-refractivity contribution >= 4 is 19.3 Å². The maximum Gasteiger partial charge on any atom is 0.455 e. The zero-order chi connectivity index (χ0) is 12.9. The molecule has 96 valence electrons. The molecular weight excluding hydrogens is 261 g/mol. The Morgan fingerprint density at radius 3 is 2.76 bits per heavy atom. The van der Waals surface area contributed by atoms with Crippen LogP contribution in [0.2, 0.25) is 5.02 Å². The lowest BCUT2D eigenvalue weighted by molar-refractivity contribution is 0.323. The van der Waals surface area contributed by atoms with Crippen LogP contribution in [0.15, 0.2) is 18.2 Å². The van der Waals surface area contributed by atoms with E-state index in [2.05, 4.69) is 11.4 Å². The summed E-state index contributed by atoms with van der Waals surface area (Å²) in [5.41, 5.74) is 6.28. The van der Waals surface area contributed by atoms with E-state index in [0.717, 1.165) is 24.8 Å². The van der Waals surface area contributed by atoms with Crippen LogP contribution < -0.4 is 10.0 Å². The lowest BCUT2D eigenvalue weighted by Crippen LogP contribution is -2.04. The molecule has 0 radical (unpaired) electrons. The van der Waals surface area contributed by atoms with E-state index in [1.807, 2.05) is 6.07 Å². The predicted molar refractivity (Wildman–Crippen MR) is 69.5 cm³/mol. The van der Waals surface area contributed by atoms with Crippen LogP contribution in [0, 0.1) is 0 Å². The smallest absolute Gasteiger partial charge is 0.412 e. The number of nitrogens with two attached hydrogens (primary N) is 1. The van der Waals surface area contributed by atoms with Crippen LogP contribution in [0.3, 0.4) is 0 Å². The summed E-state index contributed by atoms with van der Waals surface area (Å²) in [4.78, 5) is 0. The summed E-state index contributed by atoms with van der Waals surface area (Å²) in [5.74, 6) is 0.299. The van der Waals surface area contributed by atoms with Gasteiger partial charge in [0.15, 0.2) is 0 Å². The Hall–Kier alpha value is -0.540. The van der Waals surface area contributed by atoms with Crippen molar-refractivity contribution in [3.63, 3.8) is 0 Å². The van der Waals surface area contributed by atoms with Crippen molar-refractivity contribution in [3.8, 4) is 5.75 Å². The topological polar surface area (TPSA) is 61.5 Å². The van der Waals surface area contributed by atoms with Crippen LogP contribution in [-0.4, -0.2) is 7.11 Å². The van der Waals surface area contributed by atoms with Gasteiger partial charge in [-0.25, -0.2) is 10.1 Å². The first kappa shape index (κ1) is 14.5. The molecule has 2 N–H and O–H groups in total. The van der Waals surface area contributed by atoms with E-state index in [0.29, 0.717) is 10.8 Å². The van der Waals surface area contributed by atoms with Crippen molar-refractivity contribution < 1.29 is 13.6 Å². The summed E-state index contributed by atoms with van der Waals surface area (Å²) in [6, 6.07) is 5.33. The minimum absolute atomic E-state index is 0.299. The first-order chi connectivity index (χ1) is 8.00. The van der Waals surface area contributed by atoms with Crippen LogP contribution in [0.25, 0.3) is 0 Å². The standard InChI is InChI=1S/C11H17ClNO3P/c1-3-4-6-9-7-5-8-10(11(9)12)16-17(13,14)15-2/h5,7-8H,3-4,6H2,1-2H3,(H2,13,14). The quantitative estimate of drug-likeness (QED) is 0.804. The van der Waals surface area contributed by atoms with Gasteiger partial charge in [0, 0.05) is 7.11 Å². The van der Waals surface area contributed by atoms with Crippen molar-refractivity contribution in [1.29, 1.82) is 0 Å². The van der Waals surface area contributed by atoms with E-state index in [4.69, 9.17) is 21.6 Å². The molecule has 0 spiro atoms. The van der Waals surface area contributed by atoms with Gasteiger partial charge in [0.1, 0.15) is 5.75 Å². The molecule has 0 aromatic heterocycles. The summed E-state index contributed by atoms with van der Waals surface area (Å²) >= 11 is 6.15. The SMILES string of the molecule is CCCCc1cccc(OP(N)(=O)OC)c1Cl. The third-order valence-electron chi connectivity index (χ3n) is 2.32. The molecule has 1 rings (SSSR count). The van der Waals surface area contributed by atoms with Gasteiger partial charge in [0.05, 0.1) is 5.02 Å². The third kappa shape index (κ3) is 4.32. The Morgan fingerprint density at radius 1 is 1.47 bits per heavy atom. The first-order valence-corrected chi connectivity index (χ1v) is 7.40. The highest BCUT2D eigenvalue weighted by Gasteiger charge is 2.20. The zero-order valence-corrected chi connectivity index (χ0v) is 11.6. The maximum atomic E-state index is 11.5. The number of rotatable bonds is 6. The summed E-state index contributed by atoms with van der Waals surface area (Å²) in [6.45, 7) is 2.10. The highest BCUT2D eigenvalue weighted by Crippen LogP contribution is 2.42. The number of unbranched alkanes of at least 4 members (excludes halogenated alkanes) is 1.